The average molecular weight is 162 g/mol. The summed E-state index contributed by atoms with van der Waals surface area (Å²) >= 11 is 6.98. The second kappa shape index (κ2) is 2.85. The molecule has 9 heavy (non-hydrogen) atoms. The van der Waals surface area contributed by atoms with Gasteiger partial charge in [0.2, 0.25) is 0 Å². The molecule has 48 valence electrons. The highest BCUT2D eigenvalue weighted by Crippen LogP contribution is 2.18. The van der Waals surface area contributed by atoms with Gasteiger partial charge in [-0.2, -0.15) is 0 Å². The highest BCUT2D eigenvalue weighted by molar-refractivity contribution is 7.14. The molecule has 4 heteroatoms. The van der Waals surface area contributed by atoms with Crippen LogP contribution in [0.15, 0.2) is 16.6 Å². The smallest absolute Gasteiger partial charge is 0.0935 e. The summed E-state index contributed by atoms with van der Waals surface area (Å²) in [6, 6.07) is 1.73. The van der Waals surface area contributed by atoms with Gasteiger partial charge >= 0.3 is 0 Å². The highest BCUT2D eigenvalue weighted by Gasteiger charge is 1.91. The number of rotatable bonds is 1. The second-order valence-electron chi connectivity index (χ2n) is 1.43. The highest BCUT2D eigenvalue weighted by atomic mass is 35.5. The Labute approximate surface area is 61.4 Å². The predicted octanol–water partition coefficient (Wildman–Crippen LogP) is 2.21. The molecule has 0 unspecified atom stereocenters. The Bertz CT molecular complexity index is 220. The minimum absolute atomic E-state index is 0.699. The van der Waals surface area contributed by atoms with Crippen molar-refractivity contribution >= 4 is 29.2 Å². The molecule has 0 fully saturated rings. The van der Waals surface area contributed by atoms with Crippen molar-refractivity contribution in [3.63, 3.8) is 0 Å². The lowest BCUT2D eigenvalue weighted by atomic mass is 10.4. The largest absolute Gasteiger partial charge is 0.411 e. The molecule has 1 aromatic heterocycles. The molecule has 0 saturated carbocycles. The number of hydrogen-bond donors (Lipinski definition) is 1. The summed E-state index contributed by atoms with van der Waals surface area (Å²) in [5, 5.41) is 12.7. The minimum Gasteiger partial charge on any atom is -0.411 e. The van der Waals surface area contributed by atoms with Crippen LogP contribution in [0.4, 0.5) is 0 Å². The normalized spacial score (nSPS) is 10.8. The van der Waals surface area contributed by atoms with Crippen molar-refractivity contribution in [3.8, 4) is 0 Å². The second-order valence-corrected chi connectivity index (χ2v) is 2.97. The Morgan fingerprint density at radius 2 is 2.56 bits per heavy atom. The van der Waals surface area contributed by atoms with Crippen LogP contribution in [0.5, 0.6) is 0 Å². The van der Waals surface area contributed by atoms with Gasteiger partial charge in [0, 0.05) is 10.9 Å². The summed E-state index contributed by atoms with van der Waals surface area (Å²) in [6.45, 7) is 0. The SMILES string of the molecule is O/N=C\c1csc(Cl)c1. The van der Waals surface area contributed by atoms with Gasteiger partial charge in [0.1, 0.15) is 0 Å². The van der Waals surface area contributed by atoms with Gasteiger partial charge in [-0.05, 0) is 6.07 Å². The van der Waals surface area contributed by atoms with Crippen LogP contribution in [-0.2, 0) is 0 Å². The first kappa shape index (κ1) is 6.58. The standard InChI is InChI=1S/C5H4ClNOS/c6-5-1-4(2-7-8)3-9-5/h1-3,8H/b7-2-. The fraction of sp³-hybridized carbons (Fsp3) is 0. The summed E-state index contributed by atoms with van der Waals surface area (Å²) in [6.07, 6.45) is 1.34. The molecular weight excluding hydrogens is 158 g/mol. The Morgan fingerprint density at radius 1 is 1.78 bits per heavy atom. The van der Waals surface area contributed by atoms with E-state index < -0.39 is 0 Å². The van der Waals surface area contributed by atoms with E-state index in [-0.39, 0.29) is 0 Å². The first-order valence-corrected chi connectivity index (χ1v) is 3.50. The van der Waals surface area contributed by atoms with Crippen LogP contribution in [-0.4, -0.2) is 11.4 Å². The Hall–Kier alpha value is -0.540. The lowest BCUT2D eigenvalue weighted by Gasteiger charge is -1.74. The van der Waals surface area contributed by atoms with Crippen LogP contribution in [0.1, 0.15) is 5.56 Å². The number of halogens is 1. The van der Waals surface area contributed by atoms with E-state index in [1.165, 1.54) is 17.6 Å². The Balaban J connectivity index is 2.85. The van der Waals surface area contributed by atoms with E-state index in [2.05, 4.69) is 5.16 Å². The van der Waals surface area contributed by atoms with Crippen molar-refractivity contribution in [2.45, 2.75) is 0 Å². The van der Waals surface area contributed by atoms with E-state index in [9.17, 15) is 0 Å². The quantitative estimate of drug-likeness (QED) is 0.382. The summed E-state index contributed by atoms with van der Waals surface area (Å²) in [5.41, 5.74) is 0.826. The molecule has 0 aliphatic rings. The maximum atomic E-state index is 8.06. The molecule has 0 amide bonds. The van der Waals surface area contributed by atoms with Gasteiger partial charge in [0.25, 0.3) is 0 Å². The van der Waals surface area contributed by atoms with E-state index >= 15 is 0 Å². The molecule has 0 aliphatic carbocycles. The van der Waals surface area contributed by atoms with E-state index in [0.717, 1.165) is 5.56 Å². The lowest BCUT2D eigenvalue weighted by molar-refractivity contribution is 0.322. The maximum Gasteiger partial charge on any atom is 0.0935 e. The van der Waals surface area contributed by atoms with Gasteiger partial charge in [-0.1, -0.05) is 16.8 Å². The van der Waals surface area contributed by atoms with Crippen molar-refractivity contribution in [1.82, 2.24) is 0 Å². The summed E-state index contributed by atoms with van der Waals surface area (Å²) in [7, 11) is 0. The molecule has 1 heterocycles. The topological polar surface area (TPSA) is 32.6 Å². The molecule has 1 rings (SSSR count). The molecule has 0 aliphatic heterocycles. The fourth-order valence-electron chi connectivity index (χ4n) is 0.458. The van der Waals surface area contributed by atoms with Crippen LogP contribution in [0.3, 0.4) is 0 Å². The maximum absolute atomic E-state index is 8.06. The van der Waals surface area contributed by atoms with Crippen molar-refractivity contribution in [2.75, 3.05) is 0 Å². The molecule has 2 nitrogen and oxygen atoms in total. The van der Waals surface area contributed by atoms with Gasteiger partial charge < -0.3 is 5.21 Å². The lowest BCUT2D eigenvalue weighted by Crippen LogP contribution is -1.70. The van der Waals surface area contributed by atoms with E-state index in [4.69, 9.17) is 16.8 Å². The summed E-state index contributed by atoms with van der Waals surface area (Å²) in [5.74, 6) is 0. The monoisotopic (exact) mass is 161 g/mol. The molecule has 0 saturated heterocycles. The Kier molecular flexibility index (Phi) is 2.08. The molecule has 0 bridgehead atoms. The van der Waals surface area contributed by atoms with Crippen molar-refractivity contribution in [3.05, 3.63) is 21.3 Å². The van der Waals surface area contributed by atoms with E-state index in [1.54, 1.807) is 6.07 Å². The zero-order valence-electron chi connectivity index (χ0n) is 4.41. The van der Waals surface area contributed by atoms with Crippen LogP contribution in [0.25, 0.3) is 0 Å². The van der Waals surface area contributed by atoms with Crippen molar-refractivity contribution in [2.24, 2.45) is 5.16 Å². The molecule has 0 spiro atoms. The van der Waals surface area contributed by atoms with Crippen molar-refractivity contribution < 1.29 is 5.21 Å². The van der Waals surface area contributed by atoms with E-state index in [1.807, 2.05) is 5.38 Å². The van der Waals surface area contributed by atoms with Gasteiger partial charge in [0.05, 0.1) is 10.6 Å². The molecular formula is C5H4ClNOS. The third kappa shape index (κ3) is 1.69. The molecule has 0 radical (unpaired) electrons. The third-order valence-electron chi connectivity index (χ3n) is 0.795. The third-order valence-corrected chi connectivity index (χ3v) is 1.90. The number of nitrogens with zero attached hydrogens (tertiary/aromatic N) is 1. The number of thiophene rings is 1. The number of hydrogen-bond acceptors (Lipinski definition) is 3. The average Bonchev–Trinajstić information content (AvgIpc) is 2.17. The van der Waals surface area contributed by atoms with Crippen LogP contribution >= 0.6 is 22.9 Å². The van der Waals surface area contributed by atoms with Gasteiger partial charge in [-0.3, -0.25) is 0 Å². The molecule has 0 aromatic carbocycles. The summed E-state index contributed by atoms with van der Waals surface area (Å²) in [4.78, 5) is 0. The number of oxime groups is 1. The fourth-order valence-corrected chi connectivity index (χ4v) is 1.30. The minimum atomic E-state index is 0.699. The summed E-state index contributed by atoms with van der Waals surface area (Å²) < 4.78 is 0.699. The molecule has 1 aromatic rings. The molecule has 1 N–H and O–H groups in total. The van der Waals surface area contributed by atoms with Gasteiger partial charge in [0.15, 0.2) is 0 Å². The zero-order chi connectivity index (χ0) is 6.69. The van der Waals surface area contributed by atoms with E-state index in [0.29, 0.717) is 4.34 Å². The van der Waals surface area contributed by atoms with Crippen LogP contribution in [0, 0.1) is 0 Å². The van der Waals surface area contributed by atoms with Crippen molar-refractivity contribution in [1.29, 1.82) is 0 Å². The predicted molar refractivity (Wildman–Crippen MR) is 38.7 cm³/mol. The first-order valence-electron chi connectivity index (χ1n) is 2.24. The van der Waals surface area contributed by atoms with Gasteiger partial charge in [-0.15, -0.1) is 11.3 Å². The zero-order valence-corrected chi connectivity index (χ0v) is 5.99. The van der Waals surface area contributed by atoms with Crippen LogP contribution < -0.4 is 0 Å². The Morgan fingerprint density at radius 3 is 3.00 bits per heavy atom. The molecule has 0 atom stereocenters. The van der Waals surface area contributed by atoms with Gasteiger partial charge in [-0.25, -0.2) is 0 Å². The van der Waals surface area contributed by atoms with Crippen LogP contribution in [0.2, 0.25) is 4.34 Å². The first-order chi connectivity index (χ1) is 4.33.